The van der Waals surface area contributed by atoms with Crippen LogP contribution in [0.5, 0.6) is 0 Å². The number of fused-ring (bicyclic) bond motifs is 1. The number of anilines is 2. The summed E-state index contributed by atoms with van der Waals surface area (Å²) in [5.41, 5.74) is 1.37. The first kappa shape index (κ1) is 23.0. The minimum Gasteiger partial charge on any atom is -0.421 e. The molecular formula is C27H32N2O4S. The standard InChI is InChI=1S/C27H32N2O4S/c30-27-26(25(28-21-11-5-2-6-12-21)23-13-7-8-14-24(23)33-27)29-34(31,32)22-17-15-20(16-18-22)19-9-3-1-4-10-19/h7-8,13-19,21,28-29H,1-6,9-12H2. The van der Waals surface area contributed by atoms with Gasteiger partial charge < -0.3 is 9.73 Å². The normalized spacial score (nSPS) is 18.1. The monoisotopic (exact) mass is 480 g/mol. The lowest BCUT2D eigenvalue weighted by atomic mass is 9.84. The molecule has 0 spiro atoms. The maximum absolute atomic E-state index is 13.3. The molecule has 34 heavy (non-hydrogen) atoms. The van der Waals surface area contributed by atoms with Crippen molar-refractivity contribution in [3.8, 4) is 0 Å². The molecule has 180 valence electrons. The maximum atomic E-state index is 13.3. The second kappa shape index (κ2) is 9.82. The van der Waals surface area contributed by atoms with E-state index < -0.39 is 15.6 Å². The fourth-order valence-electron chi connectivity index (χ4n) is 5.39. The Labute approximate surface area is 200 Å². The number of nitrogens with one attached hydrogen (secondary N) is 2. The molecule has 2 N–H and O–H groups in total. The van der Waals surface area contributed by atoms with E-state index in [0.717, 1.165) is 38.5 Å². The van der Waals surface area contributed by atoms with E-state index in [9.17, 15) is 13.2 Å². The minimum absolute atomic E-state index is 0.0550. The van der Waals surface area contributed by atoms with Crippen LogP contribution in [0.2, 0.25) is 0 Å². The molecule has 0 saturated heterocycles. The molecule has 0 unspecified atom stereocenters. The number of hydrogen-bond acceptors (Lipinski definition) is 5. The molecule has 0 amide bonds. The van der Waals surface area contributed by atoms with Gasteiger partial charge >= 0.3 is 5.63 Å². The van der Waals surface area contributed by atoms with Gasteiger partial charge in [-0.05, 0) is 61.4 Å². The summed E-state index contributed by atoms with van der Waals surface area (Å²) < 4.78 is 34.6. The fourth-order valence-corrected chi connectivity index (χ4v) is 6.46. The number of rotatable bonds is 6. The van der Waals surface area contributed by atoms with E-state index in [0.29, 0.717) is 22.6 Å². The molecule has 0 radical (unpaired) electrons. The summed E-state index contributed by atoms with van der Waals surface area (Å²) in [4.78, 5) is 13.1. The van der Waals surface area contributed by atoms with Crippen molar-refractivity contribution in [2.75, 3.05) is 10.0 Å². The van der Waals surface area contributed by atoms with E-state index in [2.05, 4.69) is 10.0 Å². The van der Waals surface area contributed by atoms with Crippen LogP contribution in [-0.4, -0.2) is 14.5 Å². The van der Waals surface area contributed by atoms with Gasteiger partial charge in [0.2, 0.25) is 0 Å². The molecule has 6 nitrogen and oxygen atoms in total. The zero-order valence-electron chi connectivity index (χ0n) is 19.4. The van der Waals surface area contributed by atoms with Gasteiger partial charge in [0, 0.05) is 11.4 Å². The van der Waals surface area contributed by atoms with Gasteiger partial charge in [-0.25, -0.2) is 13.2 Å². The zero-order valence-corrected chi connectivity index (χ0v) is 20.2. The highest BCUT2D eigenvalue weighted by atomic mass is 32.2. The van der Waals surface area contributed by atoms with Crippen molar-refractivity contribution in [2.24, 2.45) is 0 Å². The van der Waals surface area contributed by atoms with Gasteiger partial charge in [-0.15, -0.1) is 0 Å². The highest BCUT2D eigenvalue weighted by Gasteiger charge is 2.24. The lowest BCUT2D eigenvalue weighted by Gasteiger charge is -2.25. The highest BCUT2D eigenvalue weighted by Crippen LogP contribution is 2.35. The van der Waals surface area contributed by atoms with Crippen LogP contribution in [0.4, 0.5) is 11.4 Å². The summed E-state index contributed by atoms with van der Waals surface area (Å²) in [6.07, 6.45) is 11.4. The van der Waals surface area contributed by atoms with Gasteiger partial charge in [0.05, 0.1) is 10.6 Å². The van der Waals surface area contributed by atoms with Gasteiger partial charge in [-0.1, -0.05) is 62.8 Å². The first-order valence-corrected chi connectivity index (χ1v) is 13.9. The molecular weight excluding hydrogens is 448 g/mol. The van der Waals surface area contributed by atoms with Crippen LogP contribution < -0.4 is 15.7 Å². The van der Waals surface area contributed by atoms with Gasteiger partial charge in [-0.3, -0.25) is 4.72 Å². The van der Waals surface area contributed by atoms with Crippen LogP contribution in [0.3, 0.4) is 0 Å². The summed E-state index contributed by atoms with van der Waals surface area (Å²) in [7, 11) is -3.97. The predicted molar refractivity (Wildman–Crippen MR) is 136 cm³/mol. The summed E-state index contributed by atoms with van der Waals surface area (Å²) in [6, 6.07) is 14.5. The van der Waals surface area contributed by atoms with E-state index in [1.54, 1.807) is 24.3 Å². The molecule has 5 rings (SSSR count). The minimum atomic E-state index is -3.97. The summed E-state index contributed by atoms with van der Waals surface area (Å²) in [5.74, 6) is 0.497. The predicted octanol–water partition coefficient (Wildman–Crippen LogP) is 6.39. The molecule has 2 aromatic carbocycles. The van der Waals surface area contributed by atoms with Crippen LogP contribution in [-0.2, 0) is 10.0 Å². The second-order valence-corrected chi connectivity index (χ2v) is 11.3. The number of para-hydroxylation sites is 1. The summed E-state index contributed by atoms with van der Waals surface area (Å²) in [5, 5.41) is 4.17. The Morgan fingerprint density at radius 2 is 1.41 bits per heavy atom. The third kappa shape index (κ3) is 4.85. The van der Waals surface area contributed by atoms with Crippen molar-refractivity contribution in [2.45, 2.75) is 81.1 Å². The van der Waals surface area contributed by atoms with Crippen LogP contribution in [0.1, 0.15) is 75.7 Å². The number of sulfonamides is 1. The van der Waals surface area contributed by atoms with Crippen LogP contribution >= 0.6 is 0 Å². The highest BCUT2D eigenvalue weighted by molar-refractivity contribution is 7.92. The first-order chi connectivity index (χ1) is 16.5. The topological polar surface area (TPSA) is 88.4 Å². The van der Waals surface area contributed by atoms with E-state index in [1.807, 2.05) is 24.3 Å². The fraction of sp³-hybridized carbons (Fsp3) is 0.444. The molecule has 0 bridgehead atoms. The quantitative estimate of drug-likeness (QED) is 0.399. The maximum Gasteiger partial charge on any atom is 0.363 e. The van der Waals surface area contributed by atoms with Crippen LogP contribution in [0.15, 0.2) is 62.6 Å². The molecule has 2 aliphatic rings. The molecule has 1 aromatic heterocycles. The van der Waals surface area contributed by atoms with Crippen molar-refractivity contribution in [1.29, 1.82) is 0 Å². The van der Waals surface area contributed by atoms with E-state index in [1.165, 1.54) is 31.2 Å². The zero-order chi connectivity index (χ0) is 23.5. The molecule has 2 saturated carbocycles. The van der Waals surface area contributed by atoms with Crippen molar-refractivity contribution in [3.05, 3.63) is 64.5 Å². The first-order valence-electron chi connectivity index (χ1n) is 12.5. The Kier molecular flexibility index (Phi) is 6.63. The molecule has 7 heteroatoms. The Hall–Kier alpha value is -2.80. The van der Waals surface area contributed by atoms with Crippen LogP contribution in [0.25, 0.3) is 11.0 Å². The lowest BCUT2D eigenvalue weighted by molar-refractivity contribution is 0.443. The molecule has 2 aliphatic carbocycles. The third-order valence-corrected chi connectivity index (χ3v) is 8.64. The third-order valence-electron chi connectivity index (χ3n) is 7.27. The largest absolute Gasteiger partial charge is 0.421 e. The van der Waals surface area contributed by atoms with E-state index >= 15 is 0 Å². The van der Waals surface area contributed by atoms with Gasteiger partial charge in [0.15, 0.2) is 5.69 Å². The Morgan fingerprint density at radius 3 is 2.12 bits per heavy atom. The van der Waals surface area contributed by atoms with Gasteiger partial charge in [0.25, 0.3) is 10.0 Å². The van der Waals surface area contributed by atoms with Gasteiger partial charge in [-0.2, -0.15) is 0 Å². The molecule has 0 atom stereocenters. The second-order valence-electron chi connectivity index (χ2n) is 9.62. The van der Waals surface area contributed by atoms with Crippen molar-refractivity contribution >= 4 is 32.4 Å². The Bertz CT molecular complexity index is 1300. The molecule has 2 fully saturated rings. The average Bonchev–Trinajstić information content (AvgIpc) is 2.87. The summed E-state index contributed by atoms with van der Waals surface area (Å²) in [6.45, 7) is 0. The Morgan fingerprint density at radius 1 is 0.765 bits per heavy atom. The smallest absolute Gasteiger partial charge is 0.363 e. The average molecular weight is 481 g/mol. The molecule has 1 heterocycles. The van der Waals surface area contributed by atoms with Crippen LogP contribution in [0, 0.1) is 0 Å². The van der Waals surface area contributed by atoms with Crippen molar-refractivity contribution in [1.82, 2.24) is 0 Å². The SMILES string of the molecule is O=c1oc2ccccc2c(NC2CCCCC2)c1NS(=O)(=O)c1ccc(C2CCCCC2)cc1. The number of benzene rings is 2. The van der Waals surface area contributed by atoms with Crippen molar-refractivity contribution < 1.29 is 12.8 Å². The Balaban J connectivity index is 1.47. The number of hydrogen-bond donors (Lipinski definition) is 2. The van der Waals surface area contributed by atoms with E-state index in [4.69, 9.17) is 4.42 Å². The van der Waals surface area contributed by atoms with E-state index in [-0.39, 0.29) is 16.6 Å². The molecule has 3 aromatic rings. The lowest BCUT2D eigenvalue weighted by Crippen LogP contribution is -2.26. The van der Waals surface area contributed by atoms with Gasteiger partial charge in [0.1, 0.15) is 5.58 Å². The van der Waals surface area contributed by atoms with Crippen molar-refractivity contribution in [3.63, 3.8) is 0 Å². The molecule has 0 aliphatic heterocycles. The summed E-state index contributed by atoms with van der Waals surface area (Å²) >= 11 is 0.